The minimum atomic E-state index is -0.792. The molecule has 0 fully saturated rings. The Hall–Kier alpha value is -3.61. The molecule has 1 heterocycles. The van der Waals surface area contributed by atoms with E-state index in [9.17, 15) is 19.5 Å². The Kier molecular flexibility index (Phi) is 4.70. The third-order valence-corrected chi connectivity index (χ3v) is 3.86. The van der Waals surface area contributed by atoms with E-state index in [1.807, 2.05) is 0 Å². The molecule has 1 aliphatic rings. The van der Waals surface area contributed by atoms with Crippen molar-refractivity contribution in [2.45, 2.75) is 12.8 Å². The molecule has 7 nitrogen and oxygen atoms in total. The smallest absolute Gasteiger partial charge is 0.347 e. The number of benzene rings is 2. The van der Waals surface area contributed by atoms with E-state index < -0.39 is 11.9 Å². The lowest BCUT2D eigenvalue weighted by atomic mass is 10.0. The number of aryl methyl sites for hydroxylation is 1. The molecule has 132 valence electrons. The van der Waals surface area contributed by atoms with Gasteiger partial charge in [0.05, 0.1) is 0 Å². The Morgan fingerprint density at radius 3 is 2.77 bits per heavy atom. The first-order valence-electron chi connectivity index (χ1n) is 7.87. The molecule has 0 saturated heterocycles. The third kappa shape index (κ3) is 3.72. The van der Waals surface area contributed by atoms with E-state index in [1.165, 1.54) is 18.2 Å². The SMILES string of the molecule is C=CC(=O)Nc1ccc(O)c(C(=O)Oc2ccc3c(c2)NC(=O)CC3)c1. The molecule has 0 atom stereocenters. The number of carbonyl (C=O) groups is 3. The molecular formula is C19H16N2O5. The van der Waals surface area contributed by atoms with Gasteiger partial charge >= 0.3 is 5.97 Å². The fourth-order valence-electron chi connectivity index (χ4n) is 2.55. The van der Waals surface area contributed by atoms with Gasteiger partial charge in [-0.15, -0.1) is 0 Å². The van der Waals surface area contributed by atoms with E-state index in [0.717, 1.165) is 11.6 Å². The van der Waals surface area contributed by atoms with Crippen molar-refractivity contribution in [3.05, 3.63) is 60.2 Å². The number of amides is 2. The first-order valence-corrected chi connectivity index (χ1v) is 7.87. The molecule has 0 aromatic heterocycles. The topological polar surface area (TPSA) is 105 Å². The fraction of sp³-hybridized carbons (Fsp3) is 0.105. The Bertz CT molecular complexity index is 920. The molecule has 0 radical (unpaired) electrons. The van der Waals surface area contributed by atoms with E-state index >= 15 is 0 Å². The molecule has 26 heavy (non-hydrogen) atoms. The van der Waals surface area contributed by atoms with Crippen LogP contribution in [0.4, 0.5) is 11.4 Å². The molecule has 0 saturated carbocycles. The summed E-state index contributed by atoms with van der Waals surface area (Å²) in [5.74, 6) is -1.38. The van der Waals surface area contributed by atoms with Crippen LogP contribution >= 0.6 is 0 Å². The van der Waals surface area contributed by atoms with Gasteiger partial charge in [-0.2, -0.15) is 0 Å². The van der Waals surface area contributed by atoms with Crippen LogP contribution in [0.1, 0.15) is 22.3 Å². The second kappa shape index (κ2) is 7.10. The Labute approximate surface area is 149 Å². The number of fused-ring (bicyclic) bond motifs is 1. The van der Waals surface area contributed by atoms with E-state index in [0.29, 0.717) is 24.2 Å². The lowest BCUT2D eigenvalue weighted by Crippen LogP contribution is -2.19. The van der Waals surface area contributed by atoms with Gasteiger partial charge in [0.15, 0.2) is 0 Å². The summed E-state index contributed by atoms with van der Waals surface area (Å²) in [7, 11) is 0. The van der Waals surface area contributed by atoms with E-state index in [1.54, 1.807) is 18.2 Å². The molecule has 0 bridgehead atoms. The van der Waals surface area contributed by atoms with Crippen LogP contribution in [-0.4, -0.2) is 22.9 Å². The first kappa shape index (κ1) is 17.2. The number of anilines is 2. The van der Waals surface area contributed by atoms with Gasteiger partial charge in [0.1, 0.15) is 17.1 Å². The minimum Gasteiger partial charge on any atom is -0.507 e. The lowest BCUT2D eigenvalue weighted by Gasteiger charge is -2.17. The summed E-state index contributed by atoms with van der Waals surface area (Å²) in [5.41, 5.74) is 1.77. The summed E-state index contributed by atoms with van der Waals surface area (Å²) < 4.78 is 5.29. The number of esters is 1. The number of ether oxygens (including phenoxy) is 1. The summed E-state index contributed by atoms with van der Waals surface area (Å²) >= 11 is 0. The first-order chi connectivity index (χ1) is 12.5. The highest BCUT2D eigenvalue weighted by molar-refractivity contribution is 6.01. The van der Waals surface area contributed by atoms with Crippen molar-refractivity contribution < 1.29 is 24.2 Å². The van der Waals surface area contributed by atoms with Gasteiger partial charge in [-0.1, -0.05) is 12.6 Å². The number of hydrogen-bond donors (Lipinski definition) is 3. The maximum absolute atomic E-state index is 12.4. The van der Waals surface area contributed by atoms with Crippen molar-refractivity contribution in [2.24, 2.45) is 0 Å². The van der Waals surface area contributed by atoms with Crippen LogP contribution in [0, 0.1) is 0 Å². The quantitative estimate of drug-likeness (QED) is 0.340. The van der Waals surface area contributed by atoms with Crippen molar-refractivity contribution in [2.75, 3.05) is 10.6 Å². The third-order valence-electron chi connectivity index (χ3n) is 3.86. The molecule has 3 N–H and O–H groups in total. The van der Waals surface area contributed by atoms with Crippen LogP contribution in [0.15, 0.2) is 49.1 Å². The minimum absolute atomic E-state index is 0.0933. The fourth-order valence-corrected chi connectivity index (χ4v) is 2.55. The molecular weight excluding hydrogens is 336 g/mol. The molecule has 3 rings (SSSR count). The maximum atomic E-state index is 12.4. The highest BCUT2D eigenvalue weighted by Gasteiger charge is 2.18. The number of phenolic OH excluding ortho intramolecular Hbond substituents is 1. The zero-order valence-electron chi connectivity index (χ0n) is 13.7. The molecule has 1 aliphatic heterocycles. The monoisotopic (exact) mass is 352 g/mol. The Balaban J connectivity index is 1.81. The van der Waals surface area contributed by atoms with Crippen molar-refractivity contribution >= 4 is 29.2 Å². The molecule has 2 amide bonds. The van der Waals surface area contributed by atoms with Crippen LogP contribution in [0.5, 0.6) is 11.5 Å². The van der Waals surface area contributed by atoms with Gasteiger partial charge in [-0.3, -0.25) is 9.59 Å². The van der Waals surface area contributed by atoms with Crippen molar-refractivity contribution in [3.63, 3.8) is 0 Å². The van der Waals surface area contributed by atoms with Crippen LogP contribution < -0.4 is 15.4 Å². The number of aromatic hydroxyl groups is 1. The maximum Gasteiger partial charge on any atom is 0.347 e. The largest absolute Gasteiger partial charge is 0.507 e. The zero-order valence-corrected chi connectivity index (χ0v) is 13.7. The van der Waals surface area contributed by atoms with E-state index in [2.05, 4.69) is 17.2 Å². The Morgan fingerprint density at radius 2 is 2.00 bits per heavy atom. The number of hydrogen-bond acceptors (Lipinski definition) is 5. The van der Waals surface area contributed by atoms with Gasteiger partial charge in [-0.05, 0) is 42.3 Å². The summed E-state index contributed by atoms with van der Waals surface area (Å²) in [6.45, 7) is 3.35. The standard InChI is InChI=1S/C19H16N2O5/c1-2-17(23)20-12-5-7-16(22)14(9-12)19(25)26-13-6-3-11-4-8-18(24)21-15(11)10-13/h2-3,5-7,9-10,22H,1,4,8H2,(H,20,23)(H,21,24). The number of rotatable bonds is 4. The van der Waals surface area contributed by atoms with E-state index in [4.69, 9.17) is 4.74 Å². The number of carbonyl (C=O) groups excluding carboxylic acids is 3. The summed E-state index contributed by atoms with van der Waals surface area (Å²) in [6, 6.07) is 8.99. The second-order valence-corrected chi connectivity index (χ2v) is 5.68. The van der Waals surface area contributed by atoms with E-state index in [-0.39, 0.29) is 23.0 Å². The number of nitrogens with one attached hydrogen (secondary N) is 2. The highest BCUT2D eigenvalue weighted by atomic mass is 16.5. The van der Waals surface area contributed by atoms with Crippen LogP contribution in [0.25, 0.3) is 0 Å². The zero-order chi connectivity index (χ0) is 18.7. The van der Waals surface area contributed by atoms with Crippen LogP contribution in [0.3, 0.4) is 0 Å². The molecule has 0 aliphatic carbocycles. The highest BCUT2D eigenvalue weighted by Crippen LogP contribution is 2.29. The normalized spacial score (nSPS) is 12.5. The van der Waals surface area contributed by atoms with Crippen LogP contribution in [-0.2, 0) is 16.0 Å². The van der Waals surface area contributed by atoms with Gasteiger partial charge in [0.25, 0.3) is 0 Å². The molecule has 2 aromatic rings. The molecule has 0 spiro atoms. The molecule has 0 unspecified atom stereocenters. The van der Waals surface area contributed by atoms with Crippen molar-refractivity contribution in [3.8, 4) is 11.5 Å². The molecule has 7 heteroatoms. The number of phenols is 1. The predicted octanol–water partition coefficient (Wildman–Crippen LogP) is 2.62. The average molecular weight is 352 g/mol. The van der Waals surface area contributed by atoms with Crippen molar-refractivity contribution in [1.82, 2.24) is 0 Å². The molecule has 2 aromatic carbocycles. The predicted molar refractivity (Wildman–Crippen MR) is 95.3 cm³/mol. The van der Waals surface area contributed by atoms with Gasteiger partial charge in [0.2, 0.25) is 11.8 Å². The van der Waals surface area contributed by atoms with Gasteiger partial charge in [0, 0.05) is 23.9 Å². The van der Waals surface area contributed by atoms with Gasteiger partial charge in [-0.25, -0.2) is 4.79 Å². The average Bonchev–Trinajstić information content (AvgIpc) is 2.62. The second-order valence-electron chi connectivity index (χ2n) is 5.68. The van der Waals surface area contributed by atoms with Crippen LogP contribution in [0.2, 0.25) is 0 Å². The summed E-state index contributed by atoms with van der Waals surface area (Å²) in [6.07, 6.45) is 2.14. The summed E-state index contributed by atoms with van der Waals surface area (Å²) in [4.78, 5) is 35.2. The Morgan fingerprint density at radius 1 is 1.19 bits per heavy atom. The summed E-state index contributed by atoms with van der Waals surface area (Å²) in [5, 5.41) is 15.1. The van der Waals surface area contributed by atoms with Gasteiger partial charge < -0.3 is 20.5 Å². The van der Waals surface area contributed by atoms with Crippen molar-refractivity contribution in [1.29, 1.82) is 0 Å². The lowest BCUT2D eigenvalue weighted by molar-refractivity contribution is -0.116.